The lowest BCUT2D eigenvalue weighted by Crippen LogP contribution is -2.59. The van der Waals surface area contributed by atoms with E-state index in [1.807, 2.05) is 0 Å². The van der Waals surface area contributed by atoms with Crippen molar-refractivity contribution in [2.45, 2.75) is 57.3 Å². The number of amides is 4. The first kappa shape index (κ1) is 27.9. The molecule has 0 aliphatic rings. The Hall–Kier alpha value is -3.13. The number of aromatic amines is 1. The van der Waals surface area contributed by atoms with Gasteiger partial charge in [0.05, 0.1) is 12.4 Å². The van der Waals surface area contributed by atoms with Crippen molar-refractivity contribution in [2.75, 3.05) is 5.75 Å². The lowest BCUT2D eigenvalue weighted by molar-refractivity contribution is -0.141. The largest absolute Gasteiger partial charge is 0.480 e. The zero-order valence-corrected chi connectivity index (χ0v) is 19.3. The molecule has 0 aliphatic carbocycles. The molecule has 1 aromatic rings. The highest BCUT2D eigenvalue weighted by Crippen LogP contribution is 2.07. The van der Waals surface area contributed by atoms with E-state index >= 15 is 0 Å². The van der Waals surface area contributed by atoms with E-state index in [9.17, 15) is 29.1 Å². The van der Waals surface area contributed by atoms with Gasteiger partial charge in [-0.15, -0.1) is 0 Å². The molecule has 4 unspecified atom stereocenters. The maximum Gasteiger partial charge on any atom is 0.327 e. The van der Waals surface area contributed by atoms with Crippen LogP contribution in [0.5, 0.6) is 0 Å². The van der Waals surface area contributed by atoms with E-state index in [2.05, 4.69) is 38.5 Å². The Morgan fingerprint density at radius 1 is 1.09 bits per heavy atom. The van der Waals surface area contributed by atoms with Crippen LogP contribution >= 0.6 is 12.6 Å². The van der Waals surface area contributed by atoms with Gasteiger partial charge < -0.3 is 37.5 Å². The van der Waals surface area contributed by atoms with Gasteiger partial charge >= 0.3 is 5.97 Å². The number of primary amides is 1. The second-order valence-corrected chi connectivity index (χ2v) is 8.13. The number of carboxylic acid groups (broad SMARTS) is 1. The summed E-state index contributed by atoms with van der Waals surface area (Å²) in [5.74, 6) is -4.48. The van der Waals surface area contributed by atoms with Crippen molar-refractivity contribution in [1.82, 2.24) is 25.9 Å². The first-order chi connectivity index (χ1) is 15.5. The Morgan fingerprint density at radius 3 is 2.21 bits per heavy atom. The number of nitrogens with two attached hydrogens (primary N) is 2. The van der Waals surface area contributed by atoms with Crippen molar-refractivity contribution < 1.29 is 29.1 Å². The zero-order valence-electron chi connectivity index (χ0n) is 18.4. The molecule has 0 aromatic carbocycles. The molecular formula is C19H31N7O6S. The number of rotatable bonds is 14. The van der Waals surface area contributed by atoms with Crippen LogP contribution in [-0.2, 0) is 30.4 Å². The molecular weight excluding hydrogens is 454 g/mol. The number of hydrogen-bond donors (Lipinski definition) is 8. The first-order valence-electron chi connectivity index (χ1n) is 10.2. The third-order valence-corrected chi connectivity index (χ3v) is 5.06. The maximum atomic E-state index is 13.0. The third kappa shape index (κ3) is 9.49. The Balaban J connectivity index is 2.96. The van der Waals surface area contributed by atoms with Crippen LogP contribution in [0.15, 0.2) is 12.5 Å². The first-order valence-corrected chi connectivity index (χ1v) is 10.8. The van der Waals surface area contributed by atoms with Crippen molar-refractivity contribution in [1.29, 1.82) is 0 Å². The number of aliphatic carboxylic acids is 1. The van der Waals surface area contributed by atoms with Crippen LogP contribution in [0, 0.1) is 5.92 Å². The number of carboxylic acids is 1. The summed E-state index contributed by atoms with van der Waals surface area (Å²) < 4.78 is 0. The average Bonchev–Trinajstić information content (AvgIpc) is 3.25. The zero-order chi connectivity index (χ0) is 25.1. The van der Waals surface area contributed by atoms with Crippen LogP contribution in [0.4, 0.5) is 0 Å². The van der Waals surface area contributed by atoms with Gasteiger partial charge in [0.1, 0.15) is 18.1 Å². The molecule has 0 saturated carbocycles. The standard InChI is InChI=1S/C19H31N7O6S/c1-9(2)15(26-16(28)11(20)3-4-14(21)27)18(30)24-12(5-10-6-22-8-23-10)17(29)25-13(7-33)19(31)32/h6,8-9,11-13,15,33H,3-5,7,20H2,1-2H3,(H2,21,27)(H,22,23)(H,24,30)(H,25,29)(H,26,28)(H,31,32). The third-order valence-electron chi connectivity index (χ3n) is 4.69. The average molecular weight is 486 g/mol. The normalized spacial score (nSPS) is 14.6. The van der Waals surface area contributed by atoms with E-state index in [1.165, 1.54) is 12.5 Å². The monoisotopic (exact) mass is 485 g/mol. The number of nitrogens with zero attached hydrogens (tertiary/aromatic N) is 1. The topological polar surface area (TPSA) is 222 Å². The fourth-order valence-corrected chi connectivity index (χ4v) is 3.02. The van der Waals surface area contributed by atoms with Crippen LogP contribution in [0.25, 0.3) is 0 Å². The molecule has 1 aromatic heterocycles. The van der Waals surface area contributed by atoms with Crippen LogP contribution in [-0.4, -0.2) is 74.6 Å². The smallest absolute Gasteiger partial charge is 0.327 e. The highest BCUT2D eigenvalue weighted by molar-refractivity contribution is 7.80. The molecule has 9 N–H and O–H groups in total. The number of carbonyl (C=O) groups excluding carboxylic acids is 4. The summed E-state index contributed by atoms with van der Waals surface area (Å²) >= 11 is 3.92. The van der Waals surface area contributed by atoms with Gasteiger partial charge in [0.25, 0.3) is 0 Å². The molecule has 184 valence electrons. The summed E-state index contributed by atoms with van der Waals surface area (Å²) in [6.07, 6.45) is 2.77. The van der Waals surface area contributed by atoms with Gasteiger partial charge in [-0.25, -0.2) is 9.78 Å². The van der Waals surface area contributed by atoms with Crippen LogP contribution < -0.4 is 27.4 Å². The Morgan fingerprint density at radius 2 is 1.73 bits per heavy atom. The number of aromatic nitrogens is 2. The van der Waals surface area contributed by atoms with Gasteiger partial charge in [0.2, 0.25) is 23.6 Å². The van der Waals surface area contributed by atoms with E-state index in [1.54, 1.807) is 13.8 Å². The molecule has 0 radical (unpaired) electrons. The van der Waals surface area contributed by atoms with Gasteiger partial charge in [-0.1, -0.05) is 13.8 Å². The quantitative estimate of drug-likeness (QED) is 0.133. The SMILES string of the molecule is CC(C)C(NC(=O)C(N)CCC(N)=O)C(=O)NC(Cc1cnc[nH]1)C(=O)NC(CS)C(=O)O. The van der Waals surface area contributed by atoms with Crippen LogP contribution in [0.1, 0.15) is 32.4 Å². The lowest BCUT2D eigenvalue weighted by atomic mass is 10.0. The molecule has 4 atom stereocenters. The number of carbonyl (C=O) groups is 5. The lowest BCUT2D eigenvalue weighted by Gasteiger charge is -2.26. The summed E-state index contributed by atoms with van der Waals surface area (Å²) in [5, 5.41) is 16.6. The van der Waals surface area contributed by atoms with E-state index < -0.39 is 53.8 Å². The molecule has 4 amide bonds. The second kappa shape index (κ2) is 13.4. The second-order valence-electron chi connectivity index (χ2n) is 7.77. The Bertz CT molecular complexity index is 833. The summed E-state index contributed by atoms with van der Waals surface area (Å²) in [5.41, 5.74) is 11.3. The Labute approximate surface area is 196 Å². The van der Waals surface area contributed by atoms with E-state index in [-0.39, 0.29) is 30.9 Å². The molecule has 1 rings (SSSR count). The molecule has 0 bridgehead atoms. The number of thiol groups is 1. The number of H-pyrrole nitrogens is 1. The van der Waals surface area contributed by atoms with E-state index in [0.717, 1.165) is 0 Å². The minimum atomic E-state index is -1.28. The molecule has 1 heterocycles. The fourth-order valence-electron chi connectivity index (χ4n) is 2.77. The predicted octanol–water partition coefficient (Wildman–Crippen LogP) is -2.33. The number of nitrogens with one attached hydrogen (secondary N) is 4. The van der Waals surface area contributed by atoms with E-state index in [4.69, 9.17) is 11.5 Å². The van der Waals surface area contributed by atoms with Gasteiger partial charge in [0.15, 0.2) is 0 Å². The van der Waals surface area contributed by atoms with Crippen molar-refractivity contribution in [2.24, 2.45) is 17.4 Å². The van der Waals surface area contributed by atoms with Crippen LogP contribution in [0.3, 0.4) is 0 Å². The van der Waals surface area contributed by atoms with Crippen molar-refractivity contribution in [3.63, 3.8) is 0 Å². The summed E-state index contributed by atoms with van der Waals surface area (Å²) in [7, 11) is 0. The molecule has 0 fully saturated rings. The van der Waals surface area contributed by atoms with Gasteiger partial charge in [-0.05, 0) is 12.3 Å². The summed E-state index contributed by atoms with van der Waals surface area (Å²) in [4.78, 5) is 66.9. The molecule has 0 aliphatic heterocycles. The van der Waals surface area contributed by atoms with Gasteiger partial charge in [0, 0.05) is 30.5 Å². The molecule has 33 heavy (non-hydrogen) atoms. The number of hydrogen-bond acceptors (Lipinski definition) is 8. The molecule has 0 spiro atoms. The van der Waals surface area contributed by atoms with Crippen molar-refractivity contribution in [3.05, 3.63) is 18.2 Å². The predicted molar refractivity (Wildman–Crippen MR) is 121 cm³/mol. The maximum absolute atomic E-state index is 13.0. The fraction of sp³-hybridized carbons (Fsp3) is 0.579. The summed E-state index contributed by atoms with van der Waals surface area (Å²) in [6, 6.07) is -4.52. The number of imidazole rings is 1. The van der Waals surface area contributed by atoms with Gasteiger partial charge in [-0.2, -0.15) is 12.6 Å². The molecule has 0 saturated heterocycles. The Kier molecular flexibility index (Phi) is 11.4. The van der Waals surface area contributed by atoms with E-state index in [0.29, 0.717) is 5.69 Å². The van der Waals surface area contributed by atoms with Crippen molar-refractivity contribution >= 4 is 42.2 Å². The van der Waals surface area contributed by atoms with Crippen LogP contribution in [0.2, 0.25) is 0 Å². The highest BCUT2D eigenvalue weighted by atomic mass is 32.1. The van der Waals surface area contributed by atoms with Crippen molar-refractivity contribution in [3.8, 4) is 0 Å². The molecule has 14 heteroatoms. The van der Waals surface area contributed by atoms with Gasteiger partial charge in [-0.3, -0.25) is 19.2 Å². The minimum Gasteiger partial charge on any atom is -0.480 e. The molecule has 13 nitrogen and oxygen atoms in total. The summed E-state index contributed by atoms with van der Waals surface area (Å²) in [6.45, 7) is 3.37. The minimum absolute atomic E-state index is 0.00658. The highest BCUT2D eigenvalue weighted by Gasteiger charge is 2.31.